The summed E-state index contributed by atoms with van der Waals surface area (Å²) in [6, 6.07) is 4.26. The van der Waals surface area contributed by atoms with Gasteiger partial charge in [-0.15, -0.1) is 0 Å². The Bertz CT molecular complexity index is 540. The first-order valence-electron chi connectivity index (χ1n) is 5.61. The second-order valence-electron chi connectivity index (χ2n) is 4.05. The normalized spacial score (nSPS) is 11.3. The molecule has 0 saturated heterocycles. The first-order valence-corrected chi connectivity index (χ1v) is 7.43. The van der Waals surface area contributed by atoms with Gasteiger partial charge in [0.25, 0.3) is 0 Å². The first kappa shape index (κ1) is 14.6. The lowest BCUT2D eigenvalue weighted by Crippen LogP contribution is -2.25. The van der Waals surface area contributed by atoms with Gasteiger partial charge in [0.1, 0.15) is 11.6 Å². The number of nitrogens with one attached hydrogen (secondary N) is 1. The molecular weight excluding hydrogens is 257 g/mol. The molecule has 0 radical (unpaired) electrons. The van der Waals surface area contributed by atoms with Gasteiger partial charge in [0.2, 0.25) is 5.91 Å². The molecule has 1 aromatic carbocycles. The topological polar surface area (TPSA) is 63.2 Å². The van der Waals surface area contributed by atoms with E-state index in [0.717, 1.165) is 0 Å². The van der Waals surface area contributed by atoms with Gasteiger partial charge < -0.3 is 5.32 Å². The van der Waals surface area contributed by atoms with Crippen LogP contribution in [-0.4, -0.2) is 25.8 Å². The second kappa shape index (κ2) is 5.95. The SMILES string of the molecule is CCCS(=O)(=O)CC(=O)Nc1cccc(F)c1C. The van der Waals surface area contributed by atoms with Crippen LogP contribution in [0.1, 0.15) is 18.9 Å². The Kier molecular flexibility index (Phi) is 4.84. The van der Waals surface area contributed by atoms with Crippen molar-refractivity contribution in [2.45, 2.75) is 20.3 Å². The van der Waals surface area contributed by atoms with Crippen molar-refractivity contribution in [1.82, 2.24) is 0 Å². The number of rotatable bonds is 5. The molecule has 1 aromatic rings. The lowest BCUT2D eigenvalue weighted by atomic mass is 10.2. The second-order valence-corrected chi connectivity index (χ2v) is 6.24. The zero-order valence-corrected chi connectivity index (χ0v) is 11.2. The minimum atomic E-state index is -3.38. The van der Waals surface area contributed by atoms with Crippen LogP contribution in [0, 0.1) is 12.7 Å². The maximum absolute atomic E-state index is 13.2. The van der Waals surface area contributed by atoms with Gasteiger partial charge in [-0.3, -0.25) is 4.79 Å². The average molecular weight is 273 g/mol. The number of benzene rings is 1. The highest BCUT2D eigenvalue weighted by atomic mass is 32.2. The molecule has 0 aromatic heterocycles. The smallest absolute Gasteiger partial charge is 0.239 e. The number of hydrogen-bond acceptors (Lipinski definition) is 3. The molecule has 0 atom stereocenters. The van der Waals surface area contributed by atoms with E-state index >= 15 is 0 Å². The summed E-state index contributed by atoms with van der Waals surface area (Å²) in [5.41, 5.74) is 0.588. The van der Waals surface area contributed by atoms with Crippen LogP contribution in [-0.2, 0) is 14.6 Å². The summed E-state index contributed by atoms with van der Waals surface area (Å²) in [6.45, 7) is 3.25. The predicted molar refractivity (Wildman–Crippen MR) is 68.7 cm³/mol. The van der Waals surface area contributed by atoms with E-state index < -0.39 is 27.3 Å². The molecule has 0 saturated carbocycles. The van der Waals surface area contributed by atoms with Gasteiger partial charge in [0.15, 0.2) is 9.84 Å². The fourth-order valence-corrected chi connectivity index (χ4v) is 2.75. The van der Waals surface area contributed by atoms with E-state index in [-0.39, 0.29) is 5.75 Å². The third kappa shape index (κ3) is 4.10. The molecule has 0 fully saturated rings. The third-order valence-corrected chi connectivity index (χ3v) is 4.14. The van der Waals surface area contributed by atoms with Crippen molar-refractivity contribution in [2.24, 2.45) is 0 Å². The van der Waals surface area contributed by atoms with E-state index in [0.29, 0.717) is 17.7 Å². The number of hydrogen-bond donors (Lipinski definition) is 1. The zero-order chi connectivity index (χ0) is 13.8. The molecule has 4 nitrogen and oxygen atoms in total. The van der Waals surface area contributed by atoms with Gasteiger partial charge in [-0.2, -0.15) is 0 Å². The van der Waals surface area contributed by atoms with Crippen LogP contribution in [0.3, 0.4) is 0 Å². The Labute approximate surface area is 106 Å². The van der Waals surface area contributed by atoms with Gasteiger partial charge in [-0.25, -0.2) is 12.8 Å². The Balaban J connectivity index is 2.74. The van der Waals surface area contributed by atoms with Crippen molar-refractivity contribution in [2.75, 3.05) is 16.8 Å². The highest BCUT2D eigenvalue weighted by molar-refractivity contribution is 7.92. The standard InChI is InChI=1S/C12H16FNO3S/c1-3-7-18(16,17)8-12(15)14-11-6-4-5-10(13)9(11)2/h4-6H,3,7-8H2,1-2H3,(H,14,15). The van der Waals surface area contributed by atoms with Crippen molar-refractivity contribution < 1.29 is 17.6 Å². The van der Waals surface area contributed by atoms with E-state index in [1.165, 1.54) is 25.1 Å². The lowest BCUT2D eigenvalue weighted by molar-refractivity contribution is -0.113. The average Bonchev–Trinajstić information content (AvgIpc) is 2.23. The Morgan fingerprint density at radius 2 is 2.06 bits per heavy atom. The summed E-state index contributed by atoms with van der Waals surface area (Å²) in [6.07, 6.45) is 0.467. The maximum Gasteiger partial charge on any atom is 0.239 e. The minimum absolute atomic E-state index is 0.0252. The van der Waals surface area contributed by atoms with Crippen LogP contribution < -0.4 is 5.32 Å². The van der Waals surface area contributed by atoms with Crippen molar-refractivity contribution in [1.29, 1.82) is 0 Å². The summed E-state index contributed by atoms with van der Waals surface area (Å²) in [7, 11) is -3.38. The van der Waals surface area contributed by atoms with Crippen LogP contribution in [0.15, 0.2) is 18.2 Å². The maximum atomic E-state index is 13.2. The Hall–Kier alpha value is -1.43. The van der Waals surface area contributed by atoms with Crippen LogP contribution in [0.5, 0.6) is 0 Å². The van der Waals surface area contributed by atoms with Crippen LogP contribution in [0.4, 0.5) is 10.1 Å². The summed E-state index contributed by atoms with van der Waals surface area (Å²) < 4.78 is 36.1. The molecule has 100 valence electrons. The molecule has 0 aliphatic heterocycles. The first-order chi connectivity index (χ1) is 8.35. The quantitative estimate of drug-likeness (QED) is 0.891. The molecule has 0 aliphatic rings. The largest absolute Gasteiger partial charge is 0.325 e. The molecule has 0 spiro atoms. The summed E-state index contributed by atoms with van der Waals surface area (Å²) >= 11 is 0. The number of carbonyl (C=O) groups excluding carboxylic acids is 1. The molecule has 0 unspecified atom stereocenters. The zero-order valence-electron chi connectivity index (χ0n) is 10.4. The summed E-state index contributed by atoms with van der Waals surface area (Å²) in [5, 5.41) is 2.41. The molecule has 18 heavy (non-hydrogen) atoms. The number of halogens is 1. The number of anilines is 1. The van der Waals surface area contributed by atoms with Gasteiger partial charge in [-0.1, -0.05) is 13.0 Å². The van der Waals surface area contributed by atoms with Gasteiger partial charge in [-0.05, 0) is 25.5 Å². The van der Waals surface area contributed by atoms with Crippen molar-refractivity contribution >= 4 is 21.4 Å². The van der Waals surface area contributed by atoms with Crippen LogP contribution in [0.2, 0.25) is 0 Å². The molecule has 6 heteroatoms. The summed E-state index contributed by atoms with van der Waals surface area (Å²) in [4.78, 5) is 11.6. The van der Waals surface area contributed by atoms with Gasteiger partial charge in [0.05, 0.1) is 5.75 Å². The molecule has 0 bridgehead atoms. The van der Waals surface area contributed by atoms with Crippen molar-refractivity contribution in [3.63, 3.8) is 0 Å². The number of carbonyl (C=O) groups is 1. The van der Waals surface area contributed by atoms with E-state index in [1.54, 1.807) is 6.92 Å². The van der Waals surface area contributed by atoms with E-state index in [9.17, 15) is 17.6 Å². The number of amides is 1. The third-order valence-electron chi connectivity index (χ3n) is 2.41. The monoisotopic (exact) mass is 273 g/mol. The fraction of sp³-hybridized carbons (Fsp3) is 0.417. The van der Waals surface area contributed by atoms with Gasteiger partial charge in [0, 0.05) is 11.3 Å². The molecule has 1 N–H and O–H groups in total. The Morgan fingerprint density at radius 3 is 2.67 bits per heavy atom. The van der Waals surface area contributed by atoms with E-state index in [4.69, 9.17) is 0 Å². The van der Waals surface area contributed by atoms with Gasteiger partial charge >= 0.3 is 0 Å². The predicted octanol–water partition coefficient (Wildman–Crippen LogP) is 1.90. The summed E-state index contributed by atoms with van der Waals surface area (Å²) in [5.74, 6) is -1.68. The van der Waals surface area contributed by atoms with E-state index in [2.05, 4.69) is 5.32 Å². The van der Waals surface area contributed by atoms with E-state index in [1.807, 2.05) is 0 Å². The molecule has 1 rings (SSSR count). The molecule has 0 aliphatic carbocycles. The lowest BCUT2D eigenvalue weighted by Gasteiger charge is -2.09. The molecule has 0 heterocycles. The highest BCUT2D eigenvalue weighted by Gasteiger charge is 2.16. The van der Waals surface area contributed by atoms with Crippen molar-refractivity contribution in [3.05, 3.63) is 29.6 Å². The fourth-order valence-electron chi connectivity index (χ4n) is 1.51. The Morgan fingerprint density at radius 1 is 1.39 bits per heavy atom. The van der Waals surface area contributed by atoms with Crippen LogP contribution >= 0.6 is 0 Å². The van der Waals surface area contributed by atoms with Crippen molar-refractivity contribution in [3.8, 4) is 0 Å². The minimum Gasteiger partial charge on any atom is -0.325 e. The molecule has 1 amide bonds. The molecular formula is C12H16FNO3S. The highest BCUT2D eigenvalue weighted by Crippen LogP contribution is 2.17. The number of sulfone groups is 1. The van der Waals surface area contributed by atoms with Crippen LogP contribution in [0.25, 0.3) is 0 Å².